The molecule has 2 N–H and O–H groups in total. The molecule has 78 valence electrons. The fourth-order valence-corrected chi connectivity index (χ4v) is 3.55. The predicted molar refractivity (Wildman–Crippen MR) is 56.2 cm³/mol. The minimum absolute atomic E-state index is 0.0191. The summed E-state index contributed by atoms with van der Waals surface area (Å²) in [5, 5.41) is 0. The van der Waals surface area contributed by atoms with Crippen LogP contribution in [0.5, 0.6) is 0 Å². The van der Waals surface area contributed by atoms with Crippen LogP contribution in [0.1, 0.15) is 20.3 Å². The Morgan fingerprint density at radius 2 is 2.29 bits per heavy atom. The van der Waals surface area contributed by atoms with E-state index in [4.69, 9.17) is 10.5 Å². The van der Waals surface area contributed by atoms with Crippen molar-refractivity contribution >= 4 is 23.7 Å². The van der Waals surface area contributed by atoms with Gasteiger partial charge >= 0.3 is 0 Å². The first kappa shape index (κ1) is 9.83. The van der Waals surface area contributed by atoms with Gasteiger partial charge in [0.1, 0.15) is 0 Å². The largest absolute Gasteiger partial charge is 0.447 e. The standard InChI is InChI=1S/C9H14N2O2S/c1-8(2)3-4-14-5-9(8)6(12)11-7(10)13-9/h3-5H2,1-2H3,(H2,10,11,12). The Morgan fingerprint density at radius 1 is 1.57 bits per heavy atom. The third-order valence-electron chi connectivity index (χ3n) is 3.11. The summed E-state index contributed by atoms with van der Waals surface area (Å²) in [5.41, 5.74) is 4.46. The van der Waals surface area contributed by atoms with Crippen LogP contribution in [-0.4, -0.2) is 29.0 Å². The summed E-state index contributed by atoms with van der Waals surface area (Å²) in [6, 6.07) is 0.0191. The molecule has 0 aromatic rings. The van der Waals surface area contributed by atoms with Gasteiger partial charge in [0, 0.05) is 11.2 Å². The Bertz CT molecular complexity index is 314. The van der Waals surface area contributed by atoms with Crippen molar-refractivity contribution in [1.29, 1.82) is 0 Å². The summed E-state index contributed by atoms with van der Waals surface area (Å²) in [7, 11) is 0. The number of hydrogen-bond donors (Lipinski definition) is 1. The molecule has 2 heterocycles. The van der Waals surface area contributed by atoms with Crippen LogP contribution in [0.3, 0.4) is 0 Å². The SMILES string of the molecule is CC1(C)CCSCC12OC(N)=NC2=O. The Morgan fingerprint density at radius 3 is 2.79 bits per heavy atom. The Kier molecular flexibility index (Phi) is 2.03. The predicted octanol–water partition coefficient (Wildman–Crippen LogP) is 0.760. The average Bonchev–Trinajstić information content (AvgIpc) is 2.35. The summed E-state index contributed by atoms with van der Waals surface area (Å²) < 4.78 is 5.47. The van der Waals surface area contributed by atoms with Crippen LogP contribution in [0.2, 0.25) is 0 Å². The van der Waals surface area contributed by atoms with E-state index < -0.39 is 5.60 Å². The molecule has 1 amide bonds. The normalized spacial score (nSPS) is 35.6. The molecule has 0 saturated carbocycles. The van der Waals surface area contributed by atoms with E-state index in [2.05, 4.69) is 4.99 Å². The zero-order valence-corrected chi connectivity index (χ0v) is 9.19. The monoisotopic (exact) mass is 214 g/mol. The first-order valence-corrected chi connectivity index (χ1v) is 5.79. The molecule has 2 aliphatic rings. The van der Waals surface area contributed by atoms with Crippen molar-refractivity contribution in [2.45, 2.75) is 25.9 Å². The minimum atomic E-state index is -0.806. The molecule has 5 heteroatoms. The van der Waals surface area contributed by atoms with Gasteiger partial charge < -0.3 is 10.5 Å². The number of hydrogen-bond acceptors (Lipinski definition) is 4. The number of carbonyl (C=O) groups is 1. The molecule has 1 saturated heterocycles. The van der Waals surface area contributed by atoms with E-state index in [0.717, 1.165) is 12.2 Å². The van der Waals surface area contributed by atoms with Crippen molar-refractivity contribution < 1.29 is 9.53 Å². The van der Waals surface area contributed by atoms with E-state index in [1.165, 1.54) is 0 Å². The molecule has 1 spiro atoms. The van der Waals surface area contributed by atoms with Crippen LogP contribution in [0.25, 0.3) is 0 Å². The van der Waals surface area contributed by atoms with Crippen LogP contribution in [0.4, 0.5) is 0 Å². The fraction of sp³-hybridized carbons (Fsp3) is 0.778. The van der Waals surface area contributed by atoms with E-state index in [1.54, 1.807) is 11.8 Å². The Labute approximate surface area is 87.3 Å². The van der Waals surface area contributed by atoms with Crippen LogP contribution in [-0.2, 0) is 9.53 Å². The van der Waals surface area contributed by atoms with Crippen LogP contribution in [0, 0.1) is 5.41 Å². The van der Waals surface area contributed by atoms with E-state index in [-0.39, 0.29) is 17.3 Å². The smallest absolute Gasteiger partial charge is 0.295 e. The lowest BCUT2D eigenvalue weighted by Crippen LogP contribution is -2.55. The number of amides is 1. The summed E-state index contributed by atoms with van der Waals surface area (Å²) in [6.45, 7) is 4.08. The zero-order valence-electron chi connectivity index (χ0n) is 8.37. The number of nitrogens with zero attached hydrogens (tertiary/aromatic N) is 1. The molecule has 0 radical (unpaired) electrons. The maximum absolute atomic E-state index is 11.8. The Balaban J connectivity index is 2.35. The number of ether oxygens (including phenoxy) is 1. The molecular weight excluding hydrogens is 200 g/mol. The van der Waals surface area contributed by atoms with E-state index in [9.17, 15) is 4.79 Å². The second-order valence-electron chi connectivity index (χ2n) is 4.37. The molecular formula is C9H14N2O2S. The third kappa shape index (κ3) is 1.15. The van der Waals surface area contributed by atoms with Gasteiger partial charge in [0.15, 0.2) is 0 Å². The minimum Gasteiger partial charge on any atom is -0.447 e. The number of rotatable bonds is 0. The van der Waals surface area contributed by atoms with Gasteiger partial charge in [0.25, 0.3) is 11.9 Å². The van der Waals surface area contributed by atoms with Crippen molar-refractivity contribution in [3.05, 3.63) is 0 Å². The van der Waals surface area contributed by atoms with Gasteiger partial charge in [-0.3, -0.25) is 4.79 Å². The quantitative estimate of drug-likeness (QED) is 0.646. The molecule has 2 aliphatic heterocycles. The lowest BCUT2D eigenvalue weighted by atomic mass is 9.73. The maximum Gasteiger partial charge on any atom is 0.295 e. The molecule has 0 aromatic heterocycles. The van der Waals surface area contributed by atoms with Crippen LogP contribution < -0.4 is 5.73 Å². The highest BCUT2D eigenvalue weighted by atomic mass is 32.2. The molecule has 4 nitrogen and oxygen atoms in total. The molecule has 0 aliphatic carbocycles. The summed E-state index contributed by atoms with van der Waals surface area (Å²) in [5.74, 6) is 1.50. The molecule has 0 bridgehead atoms. The maximum atomic E-state index is 11.8. The molecule has 14 heavy (non-hydrogen) atoms. The first-order chi connectivity index (χ1) is 6.48. The Hall–Kier alpha value is -0.710. The molecule has 1 fully saturated rings. The van der Waals surface area contributed by atoms with Gasteiger partial charge in [-0.15, -0.1) is 0 Å². The second kappa shape index (κ2) is 2.89. The van der Waals surface area contributed by atoms with Gasteiger partial charge in [0.05, 0.1) is 0 Å². The van der Waals surface area contributed by atoms with E-state index >= 15 is 0 Å². The van der Waals surface area contributed by atoms with Crippen molar-refractivity contribution in [2.75, 3.05) is 11.5 Å². The average molecular weight is 214 g/mol. The van der Waals surface area contributed by atoms with Crippen LogP contribution >= 0.6 is 11.8 Å². The molecule has 2 rings (SSSR count). The highest BCUT2D eigenvalue weighted by Crippen LogP contribution is 2.47. The third-order valence-corrected chi connectivity index (χ3v) is 4.21. The van der Waals surface area contributed by atoms with E-state index in [1.807, 2.05) is 13.8 Å². The van der Waals surface area contributed by atoms with Crippen LogP contribution in [0.15, 0.2) is 4.99 Å². The topological polar surface area (TPSA) is 64.7 Å². The van der Waals surface area contributed by atoms with Crippen molar-refractivity contribution in [1.82, 2.24) is 0 Å². The molecule has 0 aromatic carbocycles. The van der Waals surface area contributed by atoms with Crippen molar-refractivity contribution in [3.8, 4) is 0 Å². The number of carbonyl (C=O) groups excluding carboxylic acids is 1. The lowest BCUT2D eigenvalue weighted by Gasteiger charge is -2.43. The lowest BCUT2D eigenvalue weighted by molar-refractivity contribution is -0.139. The first-order valence-electron chi connectivity index (χ1n) is 4.63. The fourth-order valence-electron chi connectivity index (χ4n) is 1.89. The van der Waals surface area contributed by atoms with Gasteiger partial charge in [-0.1, -0.05) is 13.8 Å². The van der Waals surface area contributed by atoms with Gasteiger partial charge in [-0.25, -0.2) is 0 Å². The number of nitrogens with two attached hydrogens (primary N) is 1. The second-order valence-corrected chi connectivity index (χ2v) is 5.48. The van der Waals surface area contributed by atoms with Crippen molar-refractivity contribution in [3.63, 3.8) is 0 Å². The number of amidine groups is 1. The van der Waals surface area contributed by atoms with Gasteiger partial charge in [0.2, 0.25) is 5.60 Å². The summed E-state index contributed by atoms with van der Waals surface area (Å²) in [4.78, 5) is 15.5. The van der Waals surface area contributed by atoms with Gasteiger partial charge in [-0.05, 0) is 12.2 Å². The van der Waals surface area contributed by atoms with Gasteiger partial charge in [-0.2, -0.15) is 16.8 Å². The zero-order chi connectivity index (χ0) is 10.4. The van der Waals surface area contributed by atoms with Crippen molar-refractivity contribution in [2.24, 2.45) is 16.1 Å². The number of aliphatic imine (C=N–C) groups is 1. The summed E-state index contributed by atoms with van der Waals surface area (Å²) in [6.07, 6.45) is 0.951. The highest BCUT2D eigenvalue weighted by Gasteiger charge is 2.58. The number of thioether (sulfide) groups is 1. The van der Waals surface area contributed by atoms with E-state index in [0.29, 0.717) is 5.75 Å². The molecule has 1 atom stereocenters. The highest BCUT2D eigenvalue weighted by molar-refractivity contribution is 7.99. The molecule has 1 unspecified atom stereocenters. The summed E-state index contributed by atoms with van der Waals surface area (Å²) >= 11 is 1.72.